The van der Waals surface area contributed by atoms with Crippen molar-refractivity contribution in [3.05, 3.63) is 95.6 Å². The highest BCUT2D eigenvalue weighted by Gasteiger charge is 2.32. The van der Waals surface area contributed by atoms with Crippen LogP contribution in [0.4, 0.5) is 9.59 Å². The van der Waals surface area contributed by atoms with Gasteiger partial charge in [-0.25, -0.2) is 19.2 Å². The highest BCUT2D eigenvalue weighted by molar-refractivity contribution is 5.84. The van der Waals surface area contributed by atoms with Crippen LogP contribution in [0.1, 0.15) is 77.0 Å². The molecule has 1 aliphatic carbocycles. The van der Waals surface area contributed by atoms with Crippen LogP contribution >= 0.6 is 0 Å². The Morgan fingerprint density at radius 3 is 1.75 bits per heavy atom. The van der Waals surface area contributed by atoms with Gasteiger partial charge in [0.1, 0.15) is 37.1 Å². The van der Waals surface area contributed by atoms with Gasteiger partial charge in [-0.1, -0.05) is 78.9 Å². The van der Waals surface area contributed by atoms with Crippen LogP contribution in [0.15, 0.2) is 78.9 Å². The van der Waals surface area contributed by atoms with Crippen LogP contribution in [-0.4, -0.2) is 66.6 Å². The molecule has 51 heavy (non-hydrogen) atoms. The molecule has 3 aromatic carbocycles. The molecule has 3 aromatic rings. The van der Waals surface area contributed by atoms with Crippen LogP contribution in [-0.2, 0) is 44.7 Å². The minimum atomic E-state index is -1.45. The summed E-state index contributed by atoms with van der Waals surface area (Å²) in [4.78, 5) is 64.8. The first-order valence-electron chi connectivity index (χ1n) is 16.8. The normalized spacial score (nSPS) is 13.5. The number of rotatable bonds is 13. The van der Waals surface area contributed by atoms with Gasteiger partial charge in [0.15, 0.2) is 6.04 Å². The van der Waals surface area contributed by atoms with E-state index < -0.39 is 60.0 Å². The molecule has 2 amide bonds. The molecular formula is C39H46N2O10. The van der Waals surface area contributed by atoms with Crippen molar-refractivity contribution in [3.8, 4) is 11.1 Å². The molecule has 0 aliphatic heterocycles. The van der Waals surface area contributed by atoms with Crippen LogP contribution < -0.4 is 10.6 Å². The van der Waals surface area contributed by atoms with E-state index in [0.717, 1.165) is 22.3 Å². The van der Waals surface area contributed by atoms with Gasteiger partial charge in [0.25, 0.3) is 0 Å². The molecule has 2 N–H and O–H groups in total. The lowest BCUT2D eigenvalue weighted by Gasteiger charge is -2.24. The van der Waals surface area contributed by atoms with E-state index >= 15 is 0 Å². The minimum Gasteiger partial charge on any atom is -0.461 e. The Labute approximate surface area is 298 Å². The Bertz CT molecular complexity index is 1650. The quantitative estimate of drug-likeness (QED) is 0.155. The molecule has 0 spiro atoms. The highest BCUT2D eigenvalue weighted by atomic mass is 16.6. The number of amides is 2. The van der Waals surface area contributed by atoms with Crippen LogP contribution in [0.2, 0.25) is 0 Å². The molecule has 0 radical (unpaired) electrons. The zero-order chi connectivity index (χ0) is 37.2. The number of benzene rings is 3. The maximum absolute atomic E-state index is 13.4. The second-order valence-electron chi connectivity index (χ2n) is 14.1. The molecule has 1 aliphatic rings. The highest BCUT2D eigenvalue weighted by Crippen LogP contribution is 2.44. The zero-order valence-electron chi connectivity index (χ0n) is 29.9. The van der Waals surface area contributed by atoms with Gasteiger partial charge in [0.05, 0.1) is 0 Å². The number of hydrogen-bond donors (Lipinski definition) is 2. The van der Waals surface area contributed by atoms with Crippen molar-refractivity contribution in [2.24, 2.45) is 0 Å². The van der Waals surface area contributed by atoms with Gasteiger partial charge in [0, 0.05) is 12.3 Å². The van der Waals surface area contributed by atoms with E-state index in [0.29, 0.717) is 5.56 Å². The molecule has 4 rings (SSSR count). The second-order valence-corrected chi connectivity index (χ2v) is 14.1. The van der Waals surface area contributed by atoms with Crippen molar-refractivity contribution in [3.63, 3.8) is 0 Å². The summed E-state index contributed by atoms with van der Waals surface area (Å²) in [5, 5.41) is 4.90. The Balaban J connectivity index is 1.44. The smallest absolute Gasteiger partial charge is 0.408 e. The summed E-state index contributed by atoms with van der Waals surface area (Å²) >= 11 is 0. The van der Waals surface area contributed by atoms with Crippen molar-refractivity contribution in [2.45, 2.75) is 90.2 Å². The SMILES string of the molecule is CC(C)(C)OC(=O)CC[C@H](NC(=O)OCC1c2ccccc2-c2ccccc21)C(=O)OC[C@H](NC(=O)OC(C)(C)C)C(=O)OCc1ccccc1. The Morgan fingerprint density at radius 2 is 1.16 bits per heavy atom. The van der Waals surface area contributed by atoms with Gasteiger partial charge in [0.2, 0.25) is 0 Å². The summed E-state index contributed by atoms with van der Waals surface area (Å²) in [5.41, 5.74) is 3.18. The Hall–Kier alpha value is -5.39. The fourth-order valence-corrected chi connectivity index (χ4v) is 5.40. The summed E-state index contributed by atoms with van der Waals surface area (Å²) in [5.74, 6) is -2.67. The zero-order valence-corrected chi connectivity index (χ0v) is 29.9. The molecule has 272 valence electrons. The van der Waals surface area contributed by atoms with E-state index in [9.17, 15) is 24.0 Å². The van der Waals surface area contributed by atoms with E-state index in [1.807, 2.05) is 54.6 Å². The van der Waals surface area contributed by atoms with Gasteiger partial charge < -0.3 is 34.3 Å². The molecule has 2 atom stereocenters. The van der Waals surface area contributed by atoms with Crippen LogP contribution in [0.3, 0.4) is 0 Å². The fourth-order valence-electron chi connectivity index (χ4n) is 5.40. The Kier molecular flexibility index (Phi) is 12.8. The van der Waals surface area contributed by atoms with Crippen molar-refractivity contribution < 1.29 is 47.7 Å². The topological polar surface area (TPSA) is 156 Å². The maximum atomic E-state index is 13.4. The molecule has 0 unspecified atom stereocenters. The number of hydrogen-bond acceptors (Lipinski definition) is 10. The number of ether oxygens (including phenoxy) is 5. The molecule has 12 nitrogen and oxygen atoms in total. The summed E-state index contributed by atoms with van der Waals surface area (Å²) in [6, 6.07) is 21.8. The van der Waals surface area contributed by atoms with Gasteiger partial charge in [-0.3, -0.25) is 4.79 Å². The van der Waals surface area contributed by atoms with Gasteiger partial charge >= 0.3 is 30.1 Å². The first kappa shape index (κ1) is 38.4. The molecule has 0 bridgehead atoms. The third-order valence-corrected chi connectivity index (χ3v) is 7.57. The van der Waals surface area contributed by atoms with E-state index in [2.05, 4.69) is 10.6 Å². The largest absolute Gasteiger partial charge is 0.461 e. The molecule has 0 heterocycles. The molecule has 0 saturated heterocycles. The number of carbonyl (C=O) groups excluding carboxylic acids is 5. The maximum Gasteiger partial charge on any atom is 0.408 e. The van der Waals surface area contributed by atoms with Crippen LogP contribution in [0.25, 0.3) is 11.1 Å². The summed E-state index contributed by atoms with van der Waals surface area (Å²) in [6.07, 6.45) is -2.27. The lowest BCUT2D eigenvalue weighted by molar-refractivity contribution is -0.155. The molecule has 12 heteroatoms. The first-order chi connectivity index (χ1) is 24.1. The van der Waals surface area contributed by atoms with Crippen LogP contribution in [0, 0.1) is 0 Å². The fraction of sp³-hybridized carbons (Fsp3) is 0.410. The first-order valence-corrected chi connectivity index (χ1v) is 16.8. The predicted octanol–water partition coefficient (Wildman–Crippen LogP) is 6.20. The lowest BCUT2D eigenvalue weighted by atomic mass is 9.98. The van der Waals surface area contributed by atoms with E-state index in [1.165, 1.54) is 0 Å². The number of nitrogens with one attached hydrogen (secondary N) is 2. The van der Waals surface area contributed by atoms with Crippen molar-refractivity contribution in [1.82, 2.24) is 10.6 Å². The van der Waals surface area contributed by atoms with Gasteiger partial charge in [-0.15, -0.1) is 0 Å². The summed E-state index contributed by atoms with van der Waals surface area (Å²) < 4.78 is 27.1. The predicted molar refractivity (Wildman–Crippen MR) is 187 cm³/mol. The van der Waals surface area contributed by atoms with E-state index in [4.69, 9.17) is 23.7 Å². The average molecular weight is 703 g/mol. The van der Waals surface area contributed by atoms with Gasteiger partial charge in [-0.05, 0) is 75.8 Å². The van der Waals surface area contributed by atoms with Crippen molar-refractivity contribution in [1.29, 1.82) is 0 Å². The number of carbonyl (C=O) groups is 5. The number of alkyl carbamates (subject to hydrolysis) is 2. The third-order valence-electron chi connectivity index (χ3n) is 7.57. The van der Waals surface area contributed by atoms with Crippen molar-refractivity contribution >= 4 is 30.1 Å². The average Bonchev–Trinajstić information content (AvgIpc) is 3.38. The summed E-state index contributed by atoms with van der Waals surface area (Å²) in [6.45, 7) is 9.32. The molecule has 0 fully saturated rings. The van der Waals surface area contributed by atoms with Gasteiger partial charge in [-0.2, -0.15) is 0 Å². The van der Waals surface area contributed by atoms with E-state index in [1.54, 1.807) is 65.8 Å². The monoisotopic (exact) mass is 702 g/mol. The summed E-state index contributed by atoms with van der Waals surface area (Å²) in [7, 11) is 0. The van der Waals surface area contributed by atoms with E-state index in [-0.39, 0.29) is 32.0 Å². The Morgan fingerprint density at radius 1 is 0.627 bits per heavy atom. The third kappa shape index (κ3) is 11.9. The van der Waals surface area contributed by atoms with Crippen LogP contribution in [0.5, 0.6) is 0 Å². The molecule has 0 saturated carbocycles. The standard InChI is InChI=1S/C39H46N2O10/c1-38(2,3)50-33(42)21-20-31(40-36(45)49-23-30-28-18-12-10-16-26(28)27-17-11-13-19-29(27)30)34(43)48-24-32(41-37(46)51-39(4,5)6)35(44)47-22-25-14-8-7-9-15-25/h7-19,30-32H,20-24H2,1-6H3,(H,40,45)(H,41,46)/t31-,32-/m0/s1. The number of esters is 3. The molecular weight excluding hydrogens is 656 g/mol. The molecule has 0 aromatic heterocycles. The second kappa shape index (κ2) is 17.0. The number of fused-ring (bicyclic) bond motifs is 3. The van der Waals surface area contributed by atoms with Crippen molar-refractivity contribution in [2.75, 3.05) is 13.2 Å². The lowest BCUT2D eigenvalue weighted by Crippen LogP contribution is -2.49. The minimum absolute atomic E-state index is 0.0111.